The molecule has 0 aromatic rings. The molecule has 0 aliphatic rings. The van der Waals surface area contributed by atoms with Gasteiger partial charge in [0.1, 0.15) is 0 Å². The Bertz CT molecular complexity index is 184. The van der Waals surface area contributed by atoms with E-state index in [0.717, 1.165) is 0 Å². The Labute approximate surface area is 105 Å². The van der Waals surface area contributed by atoms with Gasteiger partial charge in [0.15, 0.2) is 5.25 Å². The number of aliphatic carboxylic acids is 2. The zero-order chi connectivity index (χ0) is 13.7. The Morgan fingerprint density at radius 1 is 1.38 bits per heavy atom. The molecule has 98 valence electrons. The highest BCUT2D eigenvalue weighted by Crippen LogP contribution is 1.94. The number of rotatable bonds is 3. The first-order valence-corrected chi connectivity index (χ1v) is 8.37. The molecule has 0 bridgehead atoms. The highest BCUT2D eigenvalue weighted by molar-refractivity contribution is 7.97. The van der Waals surface area contributed by atoms with Gasteiger partial charge >= 0.3 is 5.97 Å². The minimum absolute atomic E-state index is 0.0525. The van der Waals surface area contributed by atoms with E-state index in [-0.39, 0.29) is 22.6 Å². The Kier molecular flexibility index (Phi) is 19.2. The molecule has 0 aliphatic carbocycles. The minimum atomic E-state index is -0.946. The molecule has 0 rings (SSSR count). The van der Waals surface area contributed by atoms with Crippen molar-refractivity contribution in [3.05, 3.63) is 0 Å². The van der Waals surface area contributed by atoms with E-state index in [4.69, 9.17) is 5.11 Å². The maximum absolute atomic E-state index is 10.0. The maximum Gasteiger partial charge on any atom is 0.303 e. The fraction of sp³-hybridized carbons (Fsp3) is 0.800. The van der Waals surface area contributed by atoms with Crippen LogP contribution in [-0.2, 0) is 20.5 Å². The number of carboxylic acid groups (broad SMARTS) is 2. The molecular formula is C10H22O4S2. The molecule has 0 radical (unpaired) electrons. The van der Waals surface area contributed by atoms with Crippen LogP contribution in [0.1, 0.15) is 20.3 Å². The Morgan fingerprint density at radius 2 is 1.62 bits per heavy atom. The molecule has 1 atom stereocenters. The van der Waals surface area contributed by atoms with Crippen LogP contribution in [0.2, 0.25) is 0 Å². The summed E-state index contributed by atoms with van der Waals surface area (Å²) in [5.41, 5.74) is 0. The van der Waals surface area contributed by atoms with Crippen LogP contribution in [0.25, 0.3) is 0 Å². The molecule has 0 fully saturated rings. The molecule has 0 heterocycles. The van der Waals surface area contributed by atoms with Crippen molar-refractivity contribution >= 4 is 34.6 Å². The van der Waals surface area contributed by atoms with E-state index in [1.54, 1.807) is 25.6 Å². The van der Waals surface area contributed by atoms with Crippen molar-refractivity contribution in [2.45, 2.75) is 25.5 Å². The first-order valence-electron chi connectivity index (χ1n) is 4.63. The first kappa shape index (κ1) is 21.0. The van der Waals surface area contributed by atoms with E-state index in [1.165, 1.54) is 0 Å². The highest BCUT2D eigenvalue weighted by atomic mass is 32.2. The number of thioether (sulfide) groups is 1. The van der Waals surface area contributed by atoms with E-state index >= 15 is 0 Å². The van der Waals surface area contributed by atoms with Crippen LogP contribution in [0.5, 0.6) is 0 Å². The van der Waals surface area contributed by atoms with E-state index in [0.29, 0.717) is 0 Å². The minimum Gasteiger partial charge on any atom is -0.545 e. The van der Waals surface area contributed by atoms with Gasteiger partial charge in [-0.15, -0.1) is 0 Å². The van der Waals surface area contributed by atoms with E-state index < -0.39 is 11.9 Å². The number of carboxylic acids is 2. The van der Waals surface area contributed by atoms with Gasteiger partial charge in [-0.3, -0.25) is 4.79 Å². The summed E-state index contributed by atoms with van der Waals surface area (Å²) in [4.78, 5) is 19.4. The fourth-order valence-electron chi connectivity index (χ4n) is 0.192. The van der Waals surface area contributed by atoms with E-state index in [2.05, 4.69) is 0 Å². The molecule has 4 nitrogen and oxygen atoms in total. The molecule has 6 heteroatoms. The Hall–Kier alpha value is -0.360. The lowest BCUT2D eigenvalue weighted by Gasteiger charge is -2.07. The van der Waals surface area contributed by atoms with Gasteiger partial charge in [0.25, 0.3) is 0 Å². The molecule has 16 heavy (non-hydrogen) atoms. The monoisotopic (exact) mass is 270 g/mol. The number of carbonyl (C=O) groups excluding carboxylic acids is 1. The lowest BCUT2D eigenvalue weighted by Crippen LogP contribution is -2.38. The Morgan fingerprint density at radius 3 is 1.62 bits per heavy atom. The molecule has 1 unspecified atom stereocenters. The summed E-state index contributed by atoms with van der Waals surface area (Å²) in [6.07, 6.45) is 8.08. The second-order valence-electron chi connectivity index (χ2n) is 3.00. The van der Waals surface area contributed by atoms with Crippen LogP contribution in [0.4, 0.5) is 0 Å². The maximum atomic E-state index is 10.0. The van der Waals surface area contributed by atoms with Crippen LogP contribution in [0.3, 0.4) is 0 Å². The molecule has 1 N–H and O–H groups in total. The topological polar surface area (TPSA) is 77.4 Å². The molecule has 0 saturated heterocycles. The van der Waals surface area contributed by atoms with Gasteiger partial charge in [-0.1, -0.05) is 6.92 Å². The summed E-state index contributed by atoms with van der Waals surface area (Å²) in [6.45, 7) is 3.26. The standard InChI is InChI=1S/C5H10O2S.C3H6O2.C2H6S/c1-4(5(6)7)8(2)3;1-2-3(4)5;1-3-2/h4H,1-3H3;2H2,1H3,(H,4,5);1-2H3. The summed E-state index contributed by atoms with van der Waals surface area (Å²) in [7, 11) is -0.0525. The lowest BCUT2D eigenvalue weighted by molar-refractivity contribution is -0.304. The molecule has 0 aromatic heterocycles. The van der Waals surface area contributed by atoms with Crippen LogP contribution in [0, 0.1) is 0 Å². The predicted molar refractivity (Wildman–Crippen MR) is 71.0 cm³/mol. The second kappa shape index (κ2) is 14.6. The molecule has 0 aliphatic heterocycles. The van der Waals surface area contributed by atoms with Crippen LogP contribution in [0.15, 0.2) is 0 Å². The van der Waals surface area contributed by atoms with Gasteiger partial charge in [0.05, 0.1) is 18.5 Å². The van der Waals surface area contributed by atoms with Crippen molar-refractivity contribution in [3.63, 3.8) is 0 Å². The molecule has 0 amide bonds. The number of hydrogen-bond acceptors (Lipinski definition) is 4. The van der Waals surface area contributed by atoms with Crippen molar-refractivity contribution < 1.29 is 19.8 Å². The van der Waals surface area contributed by atoms with Crippen LogP contribution in [-0.4, -0.2) is 47.3 Å². The summed E-state index contributed by atoms with van der Waals surface area (Å²) in [5.74, 6) is -1.69. The van der Waals surface area contributed by atoms with E-state index in [1.807, 2.05) is 25.0 Å². The van der Waals surface area contributed by atoms with Crippen molar-refractivity contribution in [2.75, 3.05) is 25.0 Å². The van der Waals surface area contributed by atoms with Gasteiger partial charge in [-0.05, 0) is 30.3 Å². The van der Waals surface area contributed by atoms with Crippen molar-refractivity contribution in [3.8, 4) is 0 Å². The largest absolute Gasteiger partial charge is 0.545 e. The summed E-state index contributed by atoms with van der Waals surface area (Å²) in [6, 6.07) is 0. The van der Waals surface area contributed by atoms with Gasteiger partial charge in [-0.2, -0.15) is 11.8 Å². The first-order chi connectivity index (χ1) is 7.24. The average Bonchev–Trinajstić information content (AvgIpc) is 2.18. The molecule has 0 spiro atoms. The fourth-order valence-corrected chi connectivity index (χ4v) is 0.577. The molecular weight excluding hydrogens is 248 g/mol. The van der Waals surface area contributed by atoms with Crippen LogP contribution < -0.4 is 5.11 Å². The number of hydrogen-bond donors (Lipinski definition) is 1. The SMILES string of the molecule is CC(C(=O)[O-])[S+](C)C.CCC(=O)O.CSC. The Balaban J connectivity index is -0.000000181. The third-order valence-corrected chi connectivity index (χ3v) is 2.95. The second-order valence-corrected chi connectivity index (χ2v) is 6.28. The van der Waals surface area contributed by atoms with Crippen molar-refractivity contribution in [2.24, 2.45) is 0 Å². The smallest absolute Gasteiger partial charge is 0.303 e. The van der Waals surface area contributed by atoms with E-state index in [9.17, 15) is 14.7 Å². The zero-order valence-electron chi connectivity index (χ0n) is 10.8. The summed E-state index contributed by atoms with van der Waals surface area (Å²) >= 11 is 1.75. The summed E-state index contributed by atoms with van der Waals surface area (Å²) < 4.78 is 0. The van der Waals surface area contributed by atoms with Gasteiger partial charge in [0, 0.05) is 6.42 Å². The van der Waals surface area contributed by atoms with Gasteiger partial charge in [0.2, 0.25) is 0 Å². The van der Waals surface area contributed by atoms with Crippen LogP contribution >= 0.6 is 11.8 Å². The lowest BCUT2D eigenvalue weighted by atomic mass is 10.5. The van der Waals surface area contributed by atoms with Crippen molar-refractivity contribution in [1.29, 1.82) is 0 Å². The van der Waals surface area contributed by atoms with Gasteiger partial charge < -0.3 is 15.0 Å². The molecule has 0 aromatic carbocycles. The predicted octanol–water partition coefficient (Wildman–Crippen LogP) is 0.463. The van der Waals surface area contributed by atoms with Crippen molar-refractivity contribution in [1.82, 2.24) is 0 Å². The highest BCUT2D eigenvalue weighted by Gasteiger charge is 2.14. The normalized spacial score (nSPS) is 10.4. The third kappa shape index (κ3) is 23.5. The third-order valence-electron chi connectivity index (χ3n) is 1.34. The average molecular weight is 270 g/mol. The molecule has 0 saturated carbocycles. The zero-order valence-corrected chi connectivity index (χ0v) is 12.4. The van der Waals surface area contributed by atoms with Gasteiger partial charge in [-0.25, -0.2) is 0 Å². The number of carbonyl (C=O) groups is 2. The summed E-state index contributed by atoms with van der Waals surface area (Å²) in [5, 5.41) is 17.5. The quantitative estimate of drug-likeness (QED) is 0.754.